The molecule has 5 nitrogen and oxygen atoms in total. The van der Waals surface area contributed by atoms with Gasteiger partial charge in [0, 0.05) is 12.4 Å². The summed E-state index contributed by atoms with van der Waals surface area (Å²) in [6.45, 7) is 4.59. The number of nitrogens with zero attached hydrogens (tertiary/aromatic N) is 3. The molecule has 0 saturated heterocycles. The van der Waals surface area contributed by atoms with Gasteiger partial charge >= 0.3 is 5.97 Å². The molecule has 106 valence electrons. The monoisotopic (exact) mass is 281 g/mol. The molecule has 0 amide bonds. The number of carbonyl (C=O) groups is 1. The van der Waals surface area contributed by atoms with E-state index in [0.29, 0.717) is 6.54 Å². The molecule has 1 N–H and O–H groups in total. The van der Waals surface area contributed by atoms with Crippen molar-refractivity contribution in [2.75, 3.05) is 0 Å². The maximum absolute atomic E-state index is 11.1. The molecule has 0 atom stereocenters. The third-order valence-electron chi connectivity index (χ3n) is 3.66. The van der Waals surface area contributed by atoms with Crippen LogP contribution in [0.4, 0.5) is 0 Å². The van der Waals surface area contributed by atoms with Gasteiger partial charge in [0.2, 0.25) is 0 Å². The van der Waals surface area contributed by atoms with Gasteiger partial charge in [0.05, 0.1) is 23.1 Å². The predicted octanol–water partition coefficient (Wildman–Crippen LogP) is 2.79. The van der Waals surface area contributed by atoms with Crippen molar-refractivity contribution >= 4 is 17.0 Å². The summed E-state index contributed by atoms with van der Waals surface area (Å²) in [5, 5.41) is 9.14. The molecule has 0 saturated carbocycles. The highest BCUT2D eigenvalue weighted by molar-refractivity contribution is 5.92. The molecule has 0 fully saturated rings. The number of carboxylic acid groups (broad SMARTS) is 1. The van der Waals surface area contributed by atoms with E-state index >= 15 is 0 Å². The van der Waals surface area contributed by atoms with Crippen molar-refractivity contribution in [2.24, 2.45) is 0 Å². The van der Waals surface area contributed by atoms with E-state index in [0.717, 1.165) is 28.0 Å². The van der Waals surface area contributed by atoms with Crippen LogP contribution in [-0.4, -0.2) is 25.6 Å². The molecule has 0 bridgehead atoms. The fourth-order valence-corrected chi connectivity index (χ4v) is 2.41. The van der Waals surface area contributed by atoms with E-state index in [1.807, 2.05) is 30.7 Å². The van der Waals surface area contributed by atoms with Crippen molar-refractivity contribution in [2.45, 2.75) is 20.4 Å². The Morgan fingerprint density at radius 2 is 2.10 bits per heavy atom. The van der Waals surface area contributed by atoms with Crippen molar-refractivity contribution in [1.29, 1.82) is 0 Å². The van der Waals surface area contributed by atoms with Gasteiger partial charge in [-0.3, -0.25) is 4.98 Å². The maximum atomic E-state index is 11.1. The highest BCUT2D eigenvalue weighted by atomic mass is 16.4. The summed E-state index contributed by atoms with van der Waals surface area (Å²) in [5.74, 6) is -0.0735. The van der Waals surface area contributed by atoms with E-state index in [4.69, 9.17) is 5.11 Å². The molecule has 3 rings (SSSR count). The minimum absolute atomic E-state index is 0.270. The van der Waals surface area contributed by atoms with E-state index in [1.54, 1.807) is 24.4 Å². The number of hydrogen-bond donors (Lipinski definition) is 1. The van der Waals surface area contributed by atoms with E-state index in [9.17, 15) is 4.79 Å². The number of hydrogen-bond acceptors (Lipinski definition) is 3. The van der Waals surface area contributed by atoms with Crippen LogP contribution in [0.2, 0.25) is 0 Å². The summed E-state index contributed by atoms with van der Waals surface area (Å²) in [6.07, 6.45) is 3.60. The number of aromatic nitrogens is 3. The number of rotatable bonds is 3. The summed E-state index contributed by atoms with van der Waals surface area (Å²) in [5.41, 5.74) is 4.16. The quantitative estimate of drug-likeness (QED) is 0.801. The van der Waals surface area contributed by atoms with Crippen LogP contribution in [0.3, 0.4) is 0 Å². The van der Waals surface area contributed by atoms with Gasteiger partial charge in [-0.2, -0.15) is 0 Å². The summed E-state index contributed by atoms with van der Waals surface area (Å²) in [7, 11) is 0. The molecule has 0 aliphatic heterocycles. The van der Waals surface area contributed by atoms with Crippen LogP contribution >= 0.6 is 0 Å². The van der Waals surface area contributed by atoms with Crippen LogP contribution in [0.1, 0.15) is 27.3 Å². The number of pyridine rings is 1. The van der Waals surface area contributed by atoms with Crippen LogP contribution in [0.15, 0.2) is 36.7 Å². The lowest BCUT2D eigenvalue weighted by atomic mass is 10.1. The van der Waals surface area contributed by atoms with Gasteiger partial charge in [0.25, 0.3) is 0 Å². The zero-order valence-corrected chi connectivity index (χ0v) is 11.9. The fraction of sp³-hybridized carbons (Fsp3) is 0.188. The van der Waals surface area contributed by atoms with Gasteiger partial charge in [-0.25, -0.2) is 9.78 Å². The van der Waals surface area contributed by atoms with Crippen molar-refractivity contribution in [3.8, 4) is 0 Å². The minimum Gasteiger partial charge on any atom is -0.478 e. The van der Waals surface area contributed by atoms with Gasteiger partial charge in [0.15, 0.2) is 0 Å². The molecule has 2 aromatic heterocycles. The summed E-state index contributed by atoms with van der Waals surface area (Å²) >= 11 is 0. The highest BCUT2D eigenvalue weighted by Gasteiger charge is 2.12. The average Bonchev–Trinajstić information content (AvgIpc) is 2.76. The lowest BCUT2D eigenvalue weighted by molar-refractivity contribution is 0.0697. The van der Waals surface area contributed by atoms with Crippen molar-refractivity contribution in [3.63, 3.8) is 0 Å². The second kappa shape index (κ2) is 5.01. The number of imidazole rings is 1. The first-order chi connectivity index (χ1) is 10.1. The van der Waals surface area contributed by atoms with Crippen molar-refractivity contribution in [3.05, 3.63) is 59.2 Å². The first-order valence-electron chi connectivity index (χ1n) is 6.66. The standard InChI is InChI=1S/C16H15N3O2/c1-10-5-6-17-8-13(10)9-19-11(2)18-14-4-3-12(16(20)21)7-15(14)19/h3-8H,9H2,1-2H3,(H,20,21). The van der Waals surface area contributed by atoms with E-state index in [1.165, 1.54) is 0 Å². The van der Waals surface area contributed by atoms with Gasteiger partial charge in [-0.1, -0.05) is 0 Å². The van der Waals surface area contributed by atoms with Crippen LogP contribution in [0.25, 0.3) is 11.0 Å². The van der Waals surface area contributed by atoms with Crippen LogP contribution in [-0.2, 0) is 6.54 Å². The smallest absolute Gasteiger partial charge is 0.335 e. The molecular weight excluding hydrogens is 266 g/mol. The van der Waals surface area contributed by atoms with Crippen molar-refractivity contribution in [1.82, 2.24) is 14.5 Å². The van der Waals surface area contributed by atoms with Gasteiger partial charge in [-0.05, 0) is 49.2 Å². The molecule has 0 spiro atoms. The topological polar surface area (TPSA) is 68.0 Å². The third-order valence-corrected chi connectivity index (χ3v) is 3.66. The molecular formula is C16H15N3O2. The molecule has 2 heterocycles. The molecule has 1 aromatic carbocycles. The van der Waals surface area contributed by atoms with Gasteiger partial charge in [0.1, 0.15) is 5.82 Å². The minimum atomic E-state index is -0.931. The molecule has 0 aliphatic carbocycles. The summed E-state index contributed by atoms with van der Waals surface area (Å²) in [4.78, 5) is 19.8. The van der Waals surface area contributed by atoms with Crippen LogP contribution in [0, 0.1) is 13.8 Å². The Bertz CT molecular complexity index is 837. The molecule has 3 aromatic rings. The molecule has 21 heavy (non-hydrogen) atoms. The molecule has 0 aliphatic rings. The number of aromatic carboxylic acids is 1. The molecule has 5 heteroatoms. The number of benzene rings is 1. The lowest BCUT2D eigenvalue weighted by Gasteiger charge is -2.09. The Kier molecular flexibility index (Phi) is 3.17. The summed E-state index contributed by atoms with van der Waals surface area (Å²) < 4.78 is 2.02. The highest BCUT2D eigenvalue weighted by Crippen LogP contribution is 2.20. The van der Waals surface area contributed by atoms with E-state index in [-0.39, 0.29) is 5.56 Å². The van der Waals surface area contributed by atoms with Crippen LogP contribution in [0.5, 0.6) is 0 Å². The third kappa shape index (κ3) is 2.38. The van der Waals surface area contributed by atoms with Gasteiger partial charge in [-0.15, -0.1) is 0 Å². The SMILES string of the molecule is Cc1ccncc1Cn1c(C)nc2ccc(C(=O)O)cc21. The van der Waals surface area contributed by atoms with Crippen molar-refractivity contribution < 1.29 is 9.90 Å². The fourth-order valence-electron chi connectivity index (χ4n) is 2.41. The normalized spacial score (nSPS) is 11.0. The van der Waals surface area contributed by atoms with Crippen LogP contribution < -0.4 is 0 Å². The Morgan fingerprint density at radius 1 is 1.29 bits per heavy atom. The first kappa shape index (κ1) is 13.3. The summed E-state index contributed by atoms with van der Waals surface area (Å²) in [6, 6.07) is 6.96. The average molecular weight is 281 g/mol. The van der Waals surface area contributed by atoms with E-state index in [2.05, 4.69) is 9.97 Å². The molecule has 0 radical (unpaired) electrons. The second-order valence-electron chi connectivity index (χ2n) is 5.06. The number of aryl methyl sites for hydroxylation is 2. The maximum Gasteiger partial charge on any atom is 0.335 e. The largest absolute Gasteiger partial charge is 0.478 e. The number of carboxylic acids is 1. The van der Waals surface area contributed by atoms with Gasteiger partial charge < -0.3 is 9.67 Å². The van der Waals surface area contributed by atoms with E-state index < -0.39 is 5.97 Å². The zero-order chi connectivity index (χ0) is 15.0. The second-order valence-corrected chi connectivity index (χ2v) is 5.06. The predicted molar refractivity (Wildman–Crippen MR) is 79.5 cm³/mol. The Hall–Kier alpha value is -2.69. The molecule has 0 unspecified atom stereocenters. The lowest BCUT2D eigenvalue weighted by Crippen LogP contribution is -2.04. The Labute approximate surface area is 121 Å². The zero-order valence-electron chi connectivity index (χ0n) is 11.9. The first-order valence-corrected chi connectivity index (χ1v) is 6.66. The Balaban J connectivity index is 2.13. The number of fused-ring (bicyclic) bond motifs is 1. The Morgan fingerprint density at radius 3 is 2.81 bits per heavy atom.